The SMILES string of the molecule is CCS(=O)C1CCCC(Nc2ncccc2S(=O)(=O)N2CCCCC2)C1. The molecular formula is C18H29N3O3S2. The largest absolute Gasteiger partial charge is 0.366 e. The maximum atomic E-state index is 13.1. The molecule has 3 unspecified atom stereocenters. The van der Waals surface area contributed by atoms with Crippen LogP contribution >= 0.6 is 0 Å². The second kappa shape index (κ2) is 8.80. The molecule has 6 nitrogen and oxygen atoms in total. The molecule has 1 aromatic rings. The Morgan fingerprint density at radius 3 is 2.73 bits per heavy atom. The van der Waals surface area contributed by atoms with Gasteiger partial charge in [-0.2, -0.15) is 4.31 Å². The van der Waals surface area contributed by atoms with E-state index in [9.17, 15) is 12.6 Å². The predicted molar refractivity (Wildman–Crippen MR) is 105 cm³/mol. The van der Waals surface area contributed by atoms with Crippen LogP contribution in [0.25, 0.3) is 0 Å². The summed E-state index contributed by atoms with van der Waals surface area (Å²) < 4.78 is 39.9. The standard InChI is InChI=1S/C18H29N3O3S2/c1-2-25(22)16-9-6-8-15(14-16)20-18-17(10-7-11-19-18)26(23,24)21-12-4-3-5-13-21/h7,10-11,15-16H,2-6,8-9,12-14H2,1H3,(H,19,20). The topological polar surface area (TPSA) is 79.4 Å². The maximum absolute atomic E-state index is 13.1. The normalized spacial score (nSPS) is 26.3. The highest BCUT2D eigenvalue weighted by Crippen LogP contribution is 2.29. The molecule has 2 aliphatic rings. The summed E-state index contributed by atoms with van der Waals surface area (Å²) in [4.78, 5) is 4.60. The zero-order chi connectivity index (χ0) is 18.6. The second-order valence-corrected chi connectivity index (χ2v) is 11.0. The van der Waals surface area contributed by atoms with E-state index in [1.165, 1.54) is 0 Å². The molecule has 1 saturated carbocycles. The summed E-state index contributed by atoms with van der Waals surface area (Å²) in [5.74, 6) is 1.11. The number of hydrogen-bond acceptors (Lipinski definition) is 5. The smallest absolute Gasteiger partial charge is 0.246 e. The number of piperidine rings is 1. The van der Waals surface area contributed by atoms with Crippen molar-refractivity contribution in [3.63, 3.8) is 0 Å². The average Bonchev–Trinajstić information content (AvgIpc) is 2.68. The zero-order valence-corrected chi connectivity index (χ0v) is 17.0. The number of rotatable bonds is 6. The van der Waals surface area contributed by atoms with Gasteiger partial charge in [-0.1, -0.05) is 19.8 Å². The van der Waals surface area contributed by atoms with Crippen LogP contribution in [0.15, 0.2) is 23.2 Å². The number of aromatic nitrogens is 1. The number of hydrogen-bond donors (Lipinski definition) is 1. The van der Waals surface area contributed by atoms with Gasteiger partial charge in [-0.3, -0.25) is 4.21 Å². The molecule has 146 valence electrons. The molecule has 0 radical (unpaired) electrons. The van der Waals surface area contributed by atoms with Crippen LogP contribution in [-0.2, 0) is 20.8 Å². The summed E-state index contributed by atoms with van der Waals surface area (Å²) in [6.45, 7) is 3.12. The van der Waals surface area contributed by atoms with Crippen molar-refractivity contribution in [1.29, 1.82) is 0 Å². The Kier molecular flexibility index (Phi) is 6.69. The summed E-state index contributed by atoms with van der Waals surface area (Å²) in [6, 6.07) is 3.44. The Hall–Kier alpha value is -0.990. The minimum absolute atomic E-state index is 0.120. The lowest BCUT2D eigenvalue weighted by Crippen LogP contribution is -2.37. The lowest BCUT2D eigenvalue weighted by molar-refractivity contribution is 0.346. The molecule has 3 atom stereocenters. The number of sulfonamides is 1. The lowest BCUT2D eigenvalue weighted by atomic mass is 9.95. The Morgan fingerprint density at radius 2 is 2.00 bits per heavy atom. The van der Waals surface area contributed by atoms with Crippen LogP contribution in [0.5, 0.6) is 0 Å². The van der Waals surface area contributed by atoms with E-state index in [0.29, 0.717) is 24.7 Å². The predicted octanol–water partition coefficient (Wildman–Crippen LogP) is 2.75. The molecule has 0 bridgehead atoms. The van der Waals surface area contributed by atoms with Gasteiger partial charge in [0.15, 0.2) is 0 Å². The molecule has 1 aromatic heterocycles. The van der Waals surface area contributed by atoms with Crippen LogP contribution in [0.1, 0.15) is 51.9 Å². The fraction of sp³-hybridized carbons (Fsp3) is 0.722. The van der Waals surface area contributed by atoms with Gasteiger partial charge >= 0.3 is 0 Å². The van der Waals surface area contributed by atoms with Crippen molar-refractivity contribution < 1.29 is 12.6 Å². The van der Waals surface area contributed by atoms with E-state index < -0.39 is 20.8 Å². The van der Waals surface area contributed by atoms with Crippen molar-refractivity contribution in [2.24, 2.45) is 0 Å². The monoisotopic (exact) mass is 399 g/mol. The van der Waals surface area contributed by atoms with Crippen molar-refractivity contribution in [1.82, 2.24) is 9.29 Å². The van der Waals surface area contributed by atoms with Crippen molar-refractivity contribution in [3.8, 4) is 0 Å². The summed E-state index contributed by atoms with van der Waals surface area (Å²) in [7, 11) is -4.33. The Labute approximate surface area is 159 Å². The molecule has 2 fully saturated rings. The van der Waals surface area contributed by atoms with Crippen LogP contribution in [-0.4, -0.2) is 52.1 Å². The Morgan fingerprint density at radius 1 is 1.23 bits per heavy atom. The van der Waals surface area contributed by atoms with E-state index in [0.717, 1.165) is 44.9 Å². The first-order valence-corrected chi connectivity index (χ1v) is 12.4. The van der Waals surface area contributed by atoms with E-state index in [1.54, 1.807) is 22.6 Å². The number of pyridine rings is 1. The fourth-order valence-corrected chi connectivity index (χ4v) is 6.87. The van der Waals surface area contributed by atoms with Gasteiger partial charge in [0.05, 0.1) is 0 Å². The Balaban J connectivity index is 1.78. The van der Waals surface area contributed by atoms with Gasteiger partial charge in [-0.25, -0.2) is 13.4 Å². The number of anilines is 1. The van der Waals surface area contributed by atoms with Gasteiger partial charge in [0.25, 0.3) is 0 Å². The van der Waals surface area contributed by atoms with Crippen molar-refractivity contribution >= 4 is 26.6 Å². The molecule has 1 N–H and O–H groups in total. The molecule has 3 rings (SSSR count). The summed E-state index contributed by atoms with van der Waals surface area (Å²) in [5, 5.41) is 3.54. The first-order chi connectivity index (χ1) is 12.5. The van der Waals surface area contributed by atoms with E-state index in [-0.39, 0.29) is 16.2 Å². The van der Waals surface area contributed by atoms with Crippen LogP contribution in [0, 0.1) is 0 Å². The third-order valence-electron chi connectivity index (χ3n) is 5.33. The molecule has 1 saturated heterocycles. The van der Waals surface area contributed by atoms with Crippen LogP contribution in [0.4, 0.5) is 5.82 Å². The number of nitrogens with zero attached hydrogens (tertiary/aromatic N) is 2. The van der Waals surface area contributed by atoms with E-state index in [2.05, 4.69) is 10.3 Å². The van der Waals surface area contributed by atoms with E-state index in [4.69, 9.17) is 0 Å². The lowest BCUT2D eigenvalue weighted by Gasteiger charge is -2.31. The highest BCUT2D eigenvalue weighted by atomic mass is 32.2. The minimum atomic E-state index is -3.53. The molecule has 0 spiro atoms. The van der Waals surface area contributed by atoms with E-state index in [1.807, 2.05) is 6.92 Å². The molecule has 1 aliphatic heterocycles. The van der Waals surface area contributed by atoms with Gasteiger partial charge in [-0.05, 0) is 44.2 Å². The molecular weight excluding hydrogens is 370 g/mol. The van der Waals surface area contributed by atoms with Crippen molar-refractivity contribution in [3.05, 3.63) is 18.3 Å². The highest BCUT2D eigenvalue weighted by molar-refractivity contribution is 7.89. The summed E-state index contributed by atoms with van der Waals surface area (Å²) in [6.07, 6.45) is 8.29. The van der Waals surface area contributed by atoms with Gasteiger partial charge in [0, 0.05) is 47.1 Å². The molecule has 0 amide bonds. The van der Waals surface area contributed by atoms with E-state index >= 15 is 0 Å². The van der Waals surface area contributed by atoms with Gasteiger partial charge in [0.2, 0.25) is 10.0 Å². The molecule has 26 heavy (non-hydrogen) atoms. The molecule has 8 heteroatoms. The van der Waals surface area contributed by atoms with Gasteiger partial charge < -0.3 is 5.32 Å². The zero-order valence-electron chi connectivity index (χ0n) is 15.4. The molecule has 2 heterocycles. The molecule has 0 aromatic carbocycles. The third kappa shape index (κ3) is 4.46. The van der Waals surface area contributed by atoms with Gasteiger partial charge in [0.1, 0.15) is 10.7 Å². The first-order valence-electron chi connectivity index (χ1n) is 9.61. The van der Waals surface area contributed by atoms with Crippen LogP contribution in [0.2, 0.25) is 0 Å². The quantitative estimate of drug-likeness (QED) is 0.796. The maximum Gasteiger partial charge on any atom is 0.246 e. The van der Waals surface area contributed by atoms with Crippen LogP contribution in [0.3, 0.4) is 0 Å². The van der Waals surface area contributed by atoms with Crippen molar-refractivity contribution in [2.45, 2.75) is 68.1 Å². The summed E-state index contributed by atoms with van der Waals surface area (Å²) >= 11 is 0. The average molecular weight is 400 g/mol. The first kappa shape index (κ1) is 19.8. The fourth-order valence-electron chi connectivity index (χ4n) is 3.90. The minimum Gasteiger partial charge on any atom is -0.366 e. The van der Waals surface area contributed by atoms with Gasteiger partial charge in [-0.15, -0.1) is 0 Å². The Bertz CT molecular complexity index is 733. The number of nitrogens with one attached hydrogen (secondary N) is 1. The third-order valence-corrected chi connectivity index (χ3v) is 9.00. The van der Waals surface area contributed by atoms with Crippen LogP contribution < -0.4 is 5.32 Å². The molecule has 1 aliphatic carbocycles. The van der Waals surface area contributed by atoms with Crippen molar-refractivity contribution in [2.75, 3.05) is 24.2 Å². The second-order valence-electron chi connectivity index (χ2n) is 7.11. The summed E-state index contributed by atoms with van der Waals surface area (Å²) in [5.41, 5.74) is 0. The highest BCUT2D eigenvalue weighted by Gasteiger charge is 2.31.